The van der Waals surface area contributed by atoms with Crippen molar-refractivity contribution in [2.24, 2.45) is 0 Å². The Morgan fingerprint density at radius 3 is 2.34 bits per heavy atom. The number of amides is 4. The molecule has 2 aliphatic heterocycles. The molecule has 7 nitrogen and oxygen atoms in total. The van der Waals surface area contributed by atoms with Gasteiger partial charge in [-0.1, -0.05) is 45.0 Å². The first-order chi connectivity index (χ1) is 13.7. The van der Waals surface area contributed by atoms with Crippen LogP contribution in [0.3, 0.4) is 0 Å². The van der Waals surface area contributed by atoms with Gasteiger partial charge in [0.15, 0.2) is 11.5 Å². The topological polar surface area (TPSA) is 84.9 Å². The number of imide groups is 2. The monoisotopic (exact) mass is 392 g/mol. The Hall–Kier alpha value is -3.61. The summed E-state index contributed by atoms with van der Waals surface area (Å²) < 4.78 is 10.6. The molecule has 0 saturated carbocycles. The summed E-state index contributed by atoms with van der Waals surface area (Å²) in [5, 5.41) is 2.22. The number of barbiturate groups is 1. The SMILES string of the molecule is CC(C)(C)c1ccc(C=C2C(=O)NC(=O)N(c3ccc4c(c3)OCO4)C2=O)cc1. The molecule has 2 aromatic rings. The fraction of sp³-hybridized carbons (Fsp3) is 0.227. The highest BCUT2D eigenvalue weighted by molar-refractivity contribution is 6.39. The van der Waals surface area contributed by atoms with Gasteiger partial charge in [-0.2, -0.15) is 0 Å². The number of hydrogen-bond acceptors (Lipinski definition) is 5. The van der Waals surface area contributed by atoms with Crippen molar-refractivity contribution in [2.75, 3.05) is 11.7 Å². The summed E-state index contributed by atoms with van der Waals surface area (Å²) in [6.07, 6.45) is 1.48. The van der Waals surface area contributed by atoms with E-state index in [1.807, 2.05) is 24.3 Å². The number of rotatable bonds is 2. The summed E-state index contributed by atoms with van der Waals surface area (Å²) in [7, 11) is 0. The number of anilines is 1. The molecule has 2 aliphatic rings. The molecule has 4 amide bonds. The van der Waals surface area contributed by atoms with Crippen LogP contribution in [0.15, 0.2) is 48.0 Å². The maximum Gasteiger partial charge on any atom is 0.335 e. The highest BCUT2D eigenvalue weighted by Gasteiger charge is 2.37. The number of nitrogens with one attached hydrogen (secondary N) is 1. The fourth-order valence-electron chi connectivity index (χ4n) is 3.16. The van der Waals surface area contributed by atoms with E-state index in [9.17, 15) is 14.4 Å². The Balaban J connectivity index is 1.67. The van der Waals surface area contributed by atoms with Gasteiger partial charge in [0, 0.05) is 6.07 Å². The number of ether oxygens (including phenoxy) is 2. The second-order valence-electron chi connectivity index (χ2n) is 7.87. The van der Waals surface area contributed by atoms with Crippen molar-refractivity contribution in [1.29, 1.82) is 0 Å². The molecule has 2 aromatic carbocycles. The summed E-state index contributed by atoms with van der Waals surface area (Å²) in [5.74, 6) is -0.456. The predicted molar refractivity (Wildman–Crippen MR) is 107 cm³/mol. The molecule has 29 heavy (non-hydrogen) atoms. The molecule has 1 N–H and O–H groups in total. The number of nitrogens with zero attached hydrogens (tertiary/aromatic N) is 1. The second kappa shape index (κ2) is 6.77. The lowest BCUT2D eigenvalue weighted by Crippen LogP contribution is -2.54. The summed E-state index contributed by atoms with van der Waals surface area (Å²) in [6, 6.07) is 11.5. The normalized spacial score (nSPS) is 17.7. The minimum atomic E-state index is -0.806. The molecule has 0 bridgehead atoms. The number of benzene rings is 2. The molecule has 4 rings (SSSR count). The van der Waals surface area contributed by atoms with Crippen molar-refractivity contribution in [3.63, 3.8) is 0 Å². The molecule has 0 aromatic heterocycles. The first kappa shape index (κ1) is 18.7. The molecule has 7 heteroatoms. The van der Waals surface area contributed by atoms with Crippen LogP contribution in [0.4, 0.5) is 10.5 Å². The van der Waals surface area contributed by atoms with Gasteiger partial charge in [-0.25, -0.2) is 9.69 Å². The van der Waals surface area contributed by atoms with E-state index >= 15 is 0 Å². The number of carbonyl (C=O) groups is 3. The van der Waals surface area contributed by atoms with Crippen molar-refractivity contribution in [3.05, 3.63) is 59.2 Å². The van der Waals surface area contributed by atoms with Crippen molar-refractivity contribution < 1.29 is 23.9 Å². The largest absolute Gasteiger partial charge is 0.454 e. The third-order valence-corrected chi connectivity index (χ3v) is 4.80. The number of hydrogen-bond donors (Lipinski definition) is 1. The molecule has 2 heterocycles. The van der Waals surface area contributed by atoms with Gasteiger partial charge < -0.3 is 9.47 Å². The van der Waals surface area contributed by atoms with Crippen LogP contribution in [0.1, 0.15) is 31.9 Å². The van der Waals surface area contributed by atoms with E-state index in [2.05, 4.69) is 26.1 Å². The lowest BCUT2D eigenvalue weighted by atomic mass is 9.86. The van der Waals surface area contributed by atoms with Crippen LogP contribution >= 0.6 is 0 Å². The average Bonchev–Trinajstić information content (AvgIpc) is 3.12. The number of carbonyl (C=O) groups excluding carboxylic acids is 3. The molecule has 148 valence electrons. The zero-order valence-electron chi connectivity index (χ0n) is 16.3. The van der Waals surface area contributed by atoms with Crippen molar-refractivity contribution in [3.8, 4) is 11.5 Å². The highest BCUT2D eigenvalue weighted by Crippen LogP contribution is 2.36. The molecule has 0 aliphatic carbocycles. The standard InChI is InChI=1S/C22H20N2O5/c1-22(2,3)14-6-4-13(5-7-14)10-16-19(25)23-21(27)24(20(16)26)15-8-9-17-18(11-15)29-12-28-17/h4-11H,12H2,1-3H3,(H,23,25,27). The van der Waals surface area contributed by atoms with E-state index in [-0.39, 0.29) is 17.8 Å². The second-order valence-corrected chi connectivity index (χ2v) is 7.87. The van der Waals surface area contributed by atoms with Crippen molar-refractivity contribution in [2.45, 2.75) is 26.2 Å². The molecular formula is C22H20N2O5. The fourth-order valence-corrected chi connectivity index (χ4v) is 3.16. The van der Waals surface area contributed by atoms with Crippen LogP contribution in [0.2, 0.25) is 0 Å². The number of fused-ring (bicyclic) bond motifs is 1. The Bertz CT molecular complexity index is 1050. The number of urea groups is 1. The van der Waals surface area contributed by atoms with Gasteiger partial charge in [-0.05, 0) is 34.8 Å². The zero-order chi connectivity index (χ0) is 20.8. The summed E-state index contributed by atoms with van der Waals surface area (Å²) >= 11 is 0. The predicted octanol–water partition coefficient (Wildman–Crippen LogP) is 3.38. The van der Waals surface area contributed by atoms with Gasteiger partial charge in [0.1, 0.15) is 5.57 Å². The smallest absolute Gasteiger partial charge is 0.335 e. The maximum atomic E-state index is 13.0. The van der Waals surface area contributed by atoms with Crippen LogP contribution in [0.25, 0.3) is 6.08 Å². The van der Waals surface area contributed by atoms with Gasteiger partial charge in [0.05, 0.1) is 5.69 Å². The molecule has 1 saturated heterocycles. The maximum absolute atomic E-state index is 13.0. The molecular weight excluding hydrogens is 372 g/mol. The third kappa shape index (κ3) is 3.47. The molecule has 0 unspecified atom stereocenters. The molecule has 0 atom stereocenters. The molecule has 0 radical (unpaired) electrons. The minimum absolute atomic E-state index is 0.00766. The molecule has 1 fully saturated rings. The van der Waals surface area contributed by atoms with E-state index in [1.165, 1.54) is 12.1 Å². The lowest BCUT2D eigenvalue weighted by molar-refractivity contribution is -0.122. The Kier molecular flexibility index (Phi) is 4.38. The van der Waals surface area contributed by atoms with E-state index in [1.54, 1.807) is 12.1 Å². The van der Waals surface area contributed by atoms with Crippen molar-refractivity contribution in [1.82, 2.24) is 5.32 Å². The first-order valence-corrected chi connectivity index (χ1v) is 9.16. The van der Waals surface area contributed by atoms with E-state index in [0.717, 1.165) is 10.5 Å². The van der Waals surface area contributed by atoms with Crippen LogP contribution in [-0.4, -0.2) is 24.6 Å². The van der Waals surface area contributed by atoms with Gasteiger partial charge in [-0.3, -0.25) is 14.9 Å². The quantitative estimate of drug-likeness (QED) is 0.626. The minimum Gasteiger partial charge on any atom is -0.454 e. The van der Waals surface area contributed by atoms with Crippen LogP contribution < -0.4 is 19.7 Å². The van der Waals surface area contributed by atoms with Gasteiger partial charge >= 0.3 is 6.03 Å². The summed E-state index contributed by atoms with van der Waals surface area (Å²) in [6.45, 7) is 6.39. The van der Waals surface area contributed by atoms with Crippen molar-refractivity contribution >= 4 is 29.6 Å². The van der Waals surface area contributed by atoms with Gasteiger partial charge in [0.25, 0.3) is 11.8 Å². The third-order valence-electron chi connectivity index (χ3n) is 4.80. The van der Waals surface area contributed by atoms with Crippen LogP contribution in [0, 0.1) is 0 Å². The van der Waals surface area contributed by atoms with E-state index in [4.69, 9.17) is 9.47 Å². The first-order valence-electron chi connectivity index (χ1n) is 9.16. The molecule has 0 spiro atoms. The summed E-state index contributed by atoms with van der Waals surface area (Å²) in [4.78, 5) is 38.6. The van der Waals surface area contributed by atoms with E-state index in [0.29, 0.717) is 22.7 Å². The van der Waals surface area contributed by atoms with E-state index < -0.39 is 17.8 Å². The average molecular weight is 392 g/mol. The zero-order valence-corrected chi connectivity index (χ0v) is 16.3. The van der Waals surface area contributed by atoms with Crippen LogP contribution in [-0.2, 0) is 15.0 Å². The van der Waals surface area contributed by atoms with Gasteiger partial charge in [0.2, 0.25) is 6.79 Å². The Morgan fingerprint density at radius 2 is 1.66 bits per heavy atom. The Labute approximate surface area is 167 Å². The van der Waals surface area contributed by atoms with Gasteiger partial charge in [-0.15, -0.1) is 0 Å². The highest BCUT2D eigenvalue weighted by atomic mass is 16.7. The van der Waals surface area contributed by atoms with Crippen LogP contribution in [0.5, 0.6) is 11.5 Å². The Morgan fingerprint density at radius 1 is 0.966 bits per heavy atom. The summed E-state index contributed by atoms with van der Waals surface area (Å²) in [5.41, 5.74) is 1.99. The lowest BCUT2D eigenvalue weighted by Gasteiger charge is -2.26.